The highest BCUT2D eigenvalue weighted by Gasteiger charge is 2.20. The summed E-state index contributed by atoms with van der Waals surface area (Å²) in [5.74, 6) is -0.0569. The average molecular weight is 404 g/mol. The van der Waals surface area contributed by atoms with Gasteiger partial charge in [-0.3, -0.25) is 4.68 Å². The van der Waals surface area contributed by atoms with Crippen molar-refractivity contribution in [2.45, 2.75) is 25.7 Å². The number of halogens is 3. The SMILES string of the molecule is CCc1nn(C)c(CC(CBr)c2ccccc2F)c1Br. The third kappa shape index (κ3) is 3.14. The fourth-order valence-corrected chi connectivity index (χ4v) is 3.68. The number of alkyl halides is 1. The van der Waals surface area contributed by atoms with Crippen molar-refractivity contribution in [3.8, 4) is 0 Å². The molecule has 0 radical (unpaired) electrons. The summed E-state index contributed by atoms with van der Waals surface area (Å²) < 4.78 is 16.9. The number of nitrogens with zero attached hydrogens (tertiary/aromatic N) is 2. The van der Waals surface area contributed by atoms with Crippen LogP contribution < -0.4 is 0 Å². The lowest BCUT2D eigenvalue weighted by Crippen LogP contribution is -2.10. The molecule has 1 atom stereocenters. The molecule has 1 aromatic heterocycles. The number of hydrogen-bond donors (Lipinski definition) is 0. The molecule has 0 N–H and O–H groups in total. The Morgan fingerprint density at radius 1 is 1.35 bits per heavy atom. The Bertz CT molecular complexity index is 596. The summed E-state index contributed by atoms with van der Waals surface area (Å²) in [6, 6.07) is 6.97. The van der Waals surface area contributed by atoms with Crippen molar-refractivity contribution in [3.05, 3.63) is 51.5 Å². The standard InChI is InChI=1S/C15H17Br2FN2/c1-3-13-15(17)14(20(2)19-13)8-10(9-16)11-6-4-5-7-12(11)18/h4-7,10H,3,8-9H2,1-2H3. The molecule has 0 saturated heterocycles. The molecule has 108 valence electrons. The maximum absolute atomic E-state index is 13.9. The smallest absolute Gasteiger partial charge is 0.126 e. The van der Waals surface area contributed by atoms with Crippen LogP contribution in [0, 0.1) is 5.82 Å². The van der Waals surface area contributed by atoms with Crippen LogP contribution in [0.25, 0.3) is 0 Å². The minimum Gasteiger partial charge on any atom is -0.271 e. The van der Waals surface area contributed by atoms with Crippen LogP contribution in [0.1, 0.15) is 29.8 Å². The van der Waals surface area contributed by atoms with Gasteiger partial charge in [0, 0.05) is 18.3 Å². The van der Waals surface area contributed by atoms with Gasteiger partial charge in [0.1, 0.15) is 5.82 Å². The summed E-state index contributed by atoms with van der Waals surface area (Å²) in [5, 5.41) is 5.21. The first-order valence-electron chi connectivity index (χ1n) is 6.59. The molecule has 2 rings (SSSR count). The minimum absolute atomic E-state index is 0.0904. The molecular formula is C15H17Br2FN2. The maximum atomic E-state index is 13.9. The average Bonchev–Trinajstić information content (AvgIpc) is 2.72. The second-order valence-corrected chi connectivity index (χ2v) is 6.20. The van der Waals surface area contributed by atoms with Crippen molar-refractivity contribution < 1.29 is 4.39 Å². The molecule has 0 bridgehead atoms. The van der Waals surface area contributed by atoms with Crippen LogP contribution in [0.5, 0.6) is 0 Å². The molecular weight excluding hydrogens is 387 g/mol. The summed E-state index contributed by atoms with van der Waals surface area (Å²) in [6.45, 7) is 2.08. The van der Waals surface area contributed by atoms with Gasteiger partial charge in [-0.15, -0.1) is 0 Å². The van der Waals surface area contributed by atoms with E-state index >= 15 is 0 Å². The van der Waals surface area contributed by atoms with Gasteiger partial charge in [-0.2, -0.15) is 5.10 Å². The van der Waals surface area contributed by atoms with E-state index in [0.717, 1.165) is 34.3 Å². The van der Waals surface area contributed by atoms with E-state index in [0.29, 0.717) is 5.33 Å². The predicted octanol–water partition coefficient (Wildman–Crippen LogP) is 4.61. The Morgan fingerprint density at radius 2 is 2.05 bits per heavy atom. The third-order valence-electron chi connectivity index (χ3n) is 3.47. The van der Waals surface area contributed by atoms with Crippen LogP contribution in [-0.2, 0) is 19.9 Å². The number of hydrogen-bond acceptors (Lipinski definition) is 1. The van der Waals surface area contributed by atoms with Gasteiger partial charge in [0.05, 0.1) is 15.9 Å². The predicted molar refractivity (Wildman–Crippen MR) is 86.9 cm³/mol. The van der Waals surface area contributed by atoms with Crippen molar-refractivity contribution >= 4 is 31.9 Å². The lowest BCUT2D eigenvalue weighted by Gasteiger charge is -2.16. The molecule has 0 saturated carbocycles. The zero-order chi connectivity index (χ0) is 14.7. The first kappa shape index (κ1) is 15.7. The van der Waals surface area contributed by atoms with E-state index < -0.39 is 0 Å². The van der Waals surface area contributed by atoms with E-state index in [4.69, 9.17) is 0 Å². The van der Waals surface area contributed by atoms with Crippen molar-refractivity contribution in [1.29, 1.82) is 0 Å². The Labute approximate surface area is 135 Å². The van der Waals surface area contributed by atoms with Gasteiger partial charge in [-0.25, -0.2) is 4.39 Å². The van der Waals surface area contributed by atoms with Gasteiger partial charge in [-0.05, 0) is 40.4 Å². The highest BCUT2D eigenvalue weighted by Crippen LogP contribution is 2.30. The molecule has 5 heteroatoms. The lowest BCUT2D eigenvalue weighted by atomic mass is 9.95. The van der Waals surface area contributed by atoms with E-state index in [1.54, 1.807) is 6.07 Å². The van der Waals surface area contributed by atoms with E-state index in [1.807, 2.05) is 23.9 Å². The minimum atomic E-state index is -0.147. The number of aromatic nitrogens is 2. The summed E-state index contributed by atoms with van der Waals surface area (Å²) in [7, 11) is 1.94. The van der Waals surface area contributed by atoms with E-state index in [9.17, 15) is 4.39 Å². The van der Waals surface area contributed by atoms with Crippen molar-refractivity contribution in [1.82, 2.24) is 9.78 Å². The number of benzene rings is 1. The second kappa shape index (κ2) is 6.85. The number of aryl methyl sites for hydroxylation is 2. The zero-order valence-corrected chi connectivity index (χ0v) is 14.7. The highest BCUT2D eigenvalue weighted by atomic mass is 79.9. The molecule has 2 nitrogen and oxygen atoms in total. The Hall–Kier alpha value is -0.680. The van der Waals surface area contributed by atoms with E-state index in [2.05, 4.69) is 43.9 Å². The first-order chi connectivity index (χ1) is 9.58. The van der Waals surface area contributed by atoms with Crippen LogP contribution in [-0.4, -0.2) is 15.1 Å². The summed E-state index contributed by atoms with van der Waals surface area (Å²) in [6.07, 6.45) is 1.63. The van der Waals surface area contributed by atoms with Gasteiger partial charge in [-0.1, -0.05) is 41.1 Å². The molecule has 0 spiro atoms. The second-order valence-electron chi connectivity index (χ2n) is 4.76. The Kier molecular flexibility index (Phi) is 5.38. The van der Waals surface area contributed by atoms with E-state index in [1.165, 1.54) is 6.07 Å². The van der Waals surface area contributed by atoms with Gasteiger partial charge >= 0.3 is 0 Å². The summed E-state index contributed by atoms with van der Waals surface area (Å²) in [5.41, 5.74) is 2.90. The quantitative estimate of drug-likeness (QED) is 0.666. The van der Waals surface area contributed by atoms with Crippen LogP contribution >= 0.6 is 31.9 Å². The lowest BCUT2D eigenvalue weighted by molar-refractivity contribution is 0.580. The fraction of sp³-hybridized carbons (Fsp3) is 0.400. The van der Waals surface area contributed by atoms with Gasteiger partial charge in [0.2, 0.25) is 0 Å². The molecule has 0 fully saturated rings. The molecule has 1 aromatic carbocycles. The molecule has 1 unspecified atom stereocenters. The van der Waals surface area contributed by atoms with Gasteiger partial charge in [0.15, 0.2) is 0 Å². The largest absolute Gasteiger partial charge is 0.271 e. The molecule has 0 aliphatic carbocycles. The number of rotatable bonds is 5. The van der Waals surface area contributed by atoms with E-state index in [-0.39, 0.29) is 11.7 Å². The zero-order valence-electron chi connectivity index (χ0n) is 11.5. The molecule has 0 aliphatic rings. The van der Waals surface area contributed by atoms with Crippen molar-refractivity contribution in [3.63, 3.8) is 0 Å². The van der Waals surface area contributed by atoms with Crippen LogP contribution in [0.4, 0.5) is 4.39 Å². The molecule has 1 heterocycles. The summed E-state index contributed by atoms with van der Waals surface area (Å²) in [4.78, 5) is 0. The first-order valence-corrected chi connectivity index (χ1v) is 8.50. The maximum Gasteiger partial charge on any atom is 0.126 e. The molecule has 20 heavy (non-hydrogen) atoms. The topological polar surface area (TPSA) is 17.8 Å². The Morgan fingerprint density at radius 3 is 2.60 bits per heavy atom. The van der Waals surface area contributed by atoms with Crippen LogP contribution in [0.2, 0.25) is 0 Å². The molecule has 2 aromatic rings. The molecule has 0 amide bonds. The van der Waals surface area contributed by atoms with Crippen molar-refractivity contribution in [2.75, 3.05) is 5.33 Å². The van der Waals surface area contributed by atoms with Crippen LogP contribution in [0.3, 0.4) is 0 Å². The van der Waals surface area contributed by atoms with Crippen LogP contribution in [0.15, 0.2) is 28.7 Å². The van der Waals surface area contributed by atoms with Gasteiger partial charge < -0.3 is 0 Å². The molecule has 0 aliphatic heterocycles. The normalized spacial score (nSPS) is 12.7. The fourth-order valence-electron chi connectivity index (χ4n) is 2.33. The monoisotopic (exact) mass is 402 g/mol. The highest BCUT2D eigenvalue weighted by molar-refractivity contribution is 9.10. The Balaban J connectivity index is 2.32. The summed E-state index contributed by atoms with van der Waals surface area (Å²) >= 11 is 7.12. The third-order valence-corrected chi connectivity index (χ3v) is 5.17. The van der Waals surface area contributed by atoms with Crippen molar-refractivity contribution in [2.24, 2.45) is 7.05 Å². The van der Waals surface area contributed by atoms with Gasteiger partial charge in [0.25, 0.3) is 0 Å².